The van der Waals surface area contributed by atoms with Gasteiger partial charge in [-0.2, -0.15) is 0 Å². The maximum absolute atomic E-state index is 14.0. The van der Waals surface area contributed by atoms with Crippen molar-refractivity contribution in [3.8, 4) is 0 Å². The number of esters is 1. The predicted octanol–water partition coefficient (Wildman–Crippen LogP) is 2.16. The first-order valence-electron chi connectivity index (χ1n) is 6.66. The molecule has 0 unspecified atom stereocenters. The molecule has 20 heavy (non-hydrogen) atoms. The first kappa shape index (κ1) is 14.5. The van der Waals surface area contributed by atoms with Crippen LogP contribution in [0, 0.1) is 18.7 Å². The molecule has 0 aromatic heterocycles. The van der Waals surface area contributed by atoms with Crippen molar-refractivity contribution in [3.63, 3.8) is 0 Å². The van der Waals surface area contributed by atoms with Crippen LogP contribution < -0.4 is 0 Å². The van der Waals surface area contributed by atoms with E-state index in [1.165, 1.54) is 18.1 Å². The van der Waals surface area contributed by atoms with Crippen LogP contribution in [0.15, 0.2) is 18.2 Å². The normalized spacial score (nSPS) is 18.8. The number of benzene rings is 1. The second kappa shape index (κ2) is 6.03. The van der Waals surface area contributed by atoms with Gasteiger partial charge in [-0.15, -0.1) is 0 Å². The van der Waals surface area contributed by atoms with Gasteiger partial charge in [0.05, 0.1) is 18.6 Å². The Kier molecular flexibility index (Phi) is 4.37. The largest absolute Gasteiger partial charge is 0.469 e. The number of carbonyl (C=O) groups is 2. The van der Waals surface area contributed by atoms with Crippen molar-refractivity contribution in [2.24, 2.45) is 5.92 Å². The molecule has 2 rings (SSSR count). The second-order valence-electron chi connectivity index (χ2n) is 5.05. The van der Waals surface area contributed by atoms with Crippen molar-refractivity contribution >= 4 is 11.9 Å². The van der Waals surface area contributed by atoms with Crippen LogP contribution >= 0.6 is 0 Å². The van der Waals surface area contributed by atoms with E-state index in [9.17, 15) is 14.0 Å². The summed E-state index contributed by atoms with van der Waals surface area (Å²) in [5.74, 6) is -1.48. The van der Waals surface area contributed by atoms with E-state index >= 15 is 0 Å². The lowest BCUT2D eigenvalue weighted by Crippen LogP contribution is -2.43. The van der Waals surface area contributed by atoms with Gasteiger partial charge in [0.2, 0.25) is 0 Å². The Bertz CT molecular complexity index is 530. The van der Waals surface area contributed by atoms with Crippen LogP contribution in [0.3, 0.4) is 0 Å². The summed E-state index contributed by atoms with van der Waals surface area (Å²) in [4.78, 5) is 25.5. The number of likely N-dealkylation sites (tertiary alicyclic amines) is 1. The van der Waals surface area contributed by atoms with Gasteiger partial charge in [0.15, 0.2) is 0 Å². The number of piperidine rings is 1. The fourth-order valence-electron chi connectivity index (χ4n) is 2.50. The zero-order valence-corrected chi connectivity index (χ0v) is 11.7. The van der Waals surface area contributed by atoms with Crippen LogP contribution in [0.25, 0.3) is 0 Å². The van der Waals surface area contributed by atoms with Crippen LogP contribution in [0.2, 0.25) is 0 Å². The number of methoxy groups -OCH3 is 1. The minimum atomic E-state index is -0.488. The molecular weight excluding hydrogens is 261 g/mol. The lowest BCUT2D eigenvalue weighted by molar-refractivity contribution is -0.146. The van der Waals surface area contributed by atoms with E-state index in [-0.39, 0.29) is 23.4 Å². The molecule has 5 heteroatoms. The van der Waals surface area contributed by atoms with Gasteiger partial charge in [-0.3, -0.25) is 9.59 Å². The number of halogens is 1. The average molecular weight is 279 g/mol. The SMILES string of the molecule is COC(=O)[C@H]1CCCN(C(=O)c2cccc(C)c2F)C1. The van der Waals surface area contributed by atoms with E-state index in [1.54, 1.807) is 19.1 Å². The van der Waals surface area contributed by atoms with Crippen LogP contribution in [0.1, 0.15) is 28.8 Å². The van der Waals surface area contributed by atoms with E-state index in [1.807, 2.05) is 0 Å². The molecule has 1 saturated heterocycles. The maximum Gasteiger partial charge on any atom is 0.310 e. The van der Waals surface area contributed by atoms with Gasteiger partial charge in [0, 0.05) is 13.1 Å². The lowest BCUT2D eigenvalue weighted by Gasteiger charge is -2.31. The summed E-state index contributed by atoms with van der Waals surface area (Å²) in [5, 5.41) is 0. The molecule has 108 valence electrons. The third-order valence-electron chi connectivity index (χ3n) is 3.67. The number of nitrogens with zero attached hydrogens (tertiary/aromatic N) is 1. The Morgan fingerprint density at radius 2 is 2.15 bits per heavy atom. The topological polar surface area (TPSA) is 46.6 Å². The molecule has 0 aliphatic carbocycles. The first-order valence-corrected chi connectivity index (χ1v) is 6.66. The summed E-state index contributed by atoms with van der Waals surface area (Å²) >= 11 is 0. The molecule has 1 fully saturated rings. The summed E-state index contributed by atoms with van der Waals surface area (Å²) in [7, 11) is 1.34. The molecule has 1 heterocycles. The van der Waals surface area contributed by atoms with Gasteiger partial charge in [0.25, 0.3) is 5.91 Å². The number of carbonyl (C=O) groups excluding carboxylic acids is 2. The number of hydrogen-bond donors (Lipinski definition) is 0. The maximum atomic E-state index is 14.0. The molecule has 1 aromatic carbocycles. The highest BCUT2D eigenvalue weighted by atomic mass is 19.1. The van der Waals surface area contributed by atoms with E-state index in [2.05, 4.69) is 0 Å². The minimum Gasteiger partial charge on any atom is -0.469 e. The van der Waals surface area contributed by atoms with Crippen LogP contribution in [0.4, 0.5) is 4.39 Å². The molecule has 0 spiro atoms. The summed E-state index contributed by atoms with van der Waals surface area (Å²) in [6, 6.07) is 4.76. The third kappa shape index (κ3) is 2.81. The van der Waals surface area contributed by atoms with Gasteiger partial charge < -0.3 is 9.64 Å². The van der Waals surface area contributed by atoms with Gasteiger partial charge in [-0.1, -0.05) is 12.1 Å². The lowest BCUT2D eigenvalue weighted by atomic mass is 9.97. The van der Waals surface area contributed by atoms with E-state index < -0.39 is 5.82 Å². The van der Waals surface area contributed by atoms with Crippen molar-refractivity contribution < 1.29 is 18.7 Å². The molecule has 1 amide bonds. The first-order chi connectivity index (χ1) is 9.54. The van der Waals surface area contributed by atoms with Gasteiger partial charge in [0.1, 0.15) is 5.82 Å². The summed E-state index contributed by atoms with van der Waals surface area (Å²) in [5.41, 5.74) is 0.507. The van der Waals surface area contributed by atoms with Crippen molar-refractivity contribution in [2.45, 2.75) is 19.8 Å². The van der Waals surface area contributed by atoms with E-state index in [4.69, 9.17) is 4.74 Å². The molecule has 0 radical (unpaired) electrons. The highest BCUT2D eigenvalue weighted by Gasteiger charge is 2.30. The molecule has 0 bridgehead atoms. The van der Waals surface area contributed by atoms with Crippen molar-refractivity contribution in [2.75, 3.05) is 20.2 Å². The Hall–Kier alpha value is -1.91. The molecule has 1 aromatic rings. The number of rotatable bonds is 2. The Labute approximate surface area is 117 Å². The number of amides is 1. The molecular formula is C15H18FNO3. The third-order valence-corrected chi connectivity index (χ3v) is 3.67. The molecule has 4 nitrogen and oxygen atoms in total. The fraction of sp³-hybridized carbons (Fsp3) is 0.467. The summed E-state index contributed by atoms with van der Waals surface area (Å²) < 4.78 is 18.7. The summed E-state index contributed by atoms with van der Waals surface area (Å²) in [6.07, 6.45) is 1.42. The van der Waals surface area contributed by atoms with E-state index in [0.717, 1.165) is 6.42 Å². The Morgan fingerprint density at radius 1 is 1.40 bits per heavy atom. The zero-order chi connectivity index (χ0) is 14.7. The Balaban J connectivity index is 2.16. The average Bonchev–Trinajstić information content (AvgIpc) is 2.48. The number of ether oxygens (including phenoxy) is 1. The predicted molar refractivity (Wildman–Crippen MR) is 71.8 cm³/mol. The molecule has 0 N–H and O–H groups in total. The van der Waals surface area contributed by atoms with Gasteiger partial charge in [-0.25, -0.2) is 4.39 Å². The van der Waals surface area contributed by atoms with Gasteiger partial charge in [-0.05, 0) is 31.4 Å². The molecule has 1 aliphatic rings. The monoisotopic (exact) mass is 279 g/mol. The quantitative estimate of drug-likeness (QED) is 0.779. The number of hydrogen-bond acceptors (Lipinski definition) is 3. The van der Waals surface area contributed by atoms with E-state index in [0.29, 0.717) is 25.1 Å². The van der Waals surface area contributed by atoms with Crippen molar-refractivity contribution in [1.29, 1.82) is 0 Å². The van der Waals surface area contributed by atoms with Crippen molar-refractivity contribution in [1.82, 2.24) is 4.90 Å². The standard InChI is InChI=1S/C15H18FNO3/c1-10-5-3-7-12(13(10)16)14(18)17-8-4-6-11(9-17)15(19)20-2/h3,5,7,11H,4,6,8-9H2,1-2H3/t11-/m0/s1. The Morgan fingerprint density at radius 3 is 2.85 bits per heavy atom. The second-order valence-corrected chi connectivity index (χ2v) is 5.05. The van der Waals surface area contributed by atoms with Gasteiger partial charge >= 0.3 is 5.97 Å². The summed E-state index contributed by atoms with van der Waals surface area (Å²) in [6.45, 7) is 2.46. The highest BCUT2D eigenvalue weighted by Crippen LogP contribution is 2.21. The van der Waals surface area contributed by atoms with Crippen molar-refractivity contribution in [3.05, 3.63) is 35.1 Å². The molecule has 1 atom stereocenters. The zero-order valence-electron chi connectivity index (χ0n) is 11.7. The smallest absolute Gasteiger partial charge is 0.310 e. The highest BCUT2D eigenvalue weighted by molar-refractivity contribution is 5.95. The molecule has 1 aliphatic heterocycles. The number of aryl methyl sites for hydroxylation is 1. The minimum absolute atomic E-state index is 0.0653. The fourth-order valence-corrected chi connectivity index (χ4v) is 2.50. The molecule has 0 saturated carbocycles. The van der Waals surface area contributed by atoms with Crippen LogP contribution in [0.5, 0.6) is 0 Å². The van der Waals surface area contributed by atoms with Crippen LogP contribution in [-0.2, 0) is 9.53 Å². The van der Waals surface area contributed by atoms with Crippen LogP contribution in [-0.4, -0.2) is 37.0 Å².